The number of hydrogen-bond donors (Lipinski definition) is 7. The molecule has 0 aromatic heterocycles. The number of aliphatic hydroxyl groups is 2. The van der Waals surface area contributed by atoms with Crippen LogP contribution in [0.4, 0.5) is 0 Å². The summed E-state index contributed by atoms with van der Waals surface area (Å²) in [6, 6.07) is 1.07. The standard InChI is InChI=1S/C38H73N3O.C35H64N2O/c1-28(2)14-12-15-29(3)32-16-17-33-31-27-36(41-25-11-9-7-6-8-10-23-40-24-13-22-39)35-26-30(42)18-20-38(35,5)34(31)19-21-37(32,33)4;1-7-8-20-36-21-9-10-22-37-33-24-28-30-15-14-29(26(4)13-11-12-25(2)3)34(30,5)19-17-31(28)35(6)18-16-27(38)23-32(33)35/h28-36,40-42H,6-27,39H2,1-5H3;23,25-31,33,36-38H,7-22,24H2,1-6H3/t29-,30+,31?,32-,33?,34?,35?,36-,37-,38-;26-,27+,28?,29-,30?,31?,33-,34-,35-/m11/s1. The summed E-state index contributed by atoms with van der Waals surface area (Å²) in [6.07, 6.45) is 44.5. The van der Waals surface area contributed by atoms with Crippen molar-refractivity contribution in [3.05, 3.63) is 11.6 Å². The van der Waals surface area contributed by atoms with Crippen LogP contribution in [0.15, 0.2) is 11.6 Å². The summed E-state index contributed by atoms with van der Waals surface area (Å²) in [7, 11) is 0. The van der Waals surface area contributed by atoms with Gasteiger partial charge < -0.3 is 37.2 Å². The Morgan fingerprint density at radius 1 is 0.487 bits per heavy atom. The Morgan fingerprint density at radius 3 is 1.59 bits per heavy atom. The van der Waals surface area contributed by atoms with Crippen LogP contribution in [0.5, 0.6) is 0 Å². The molecule has 0 amide bonds. The van der Waals surface area contributed by atoms with Crippen LogP contribution in [0.1, 0.15) is 282 Å². The molecule has 7 fully saturated rings. The summed E-state index contributed by atoms with van der Waals surface area (Å²) in [5.41, 5.74) is 8.95. The number of fused-ring (bicyclic) bond motifs is 10. The zero-order valence-electron chi connectivity index (χ0n) is 54.9. The van der Waals surface area contributed by atoms with Gasteiger partial charge in [-0.05, 0) is 285 Å². The van der Waals surface area contributed by atoms with Crippen LogP contribution in [0.25, 0.3) is 0 Å². The third-order valence-electron chi connectivity index (χ3n) is 25.8. The second kappa shape index (κ2) is 31.9. The van der Waals surface area contributed by atoms with Crippen LogP contribution >= 0.6 is 0 Å². The Bertz CT molecular complexity index is 1790. The van der Waals surface area contributed by atoms with Gasteiger partial charge in [-0.15, -0.1) is 0 Å². The van der Waals surface area contributed by atoms with Gasteiger partial charge in [0.2, 0.25) is 0 Å². The number of nitrogens with two attached hydrogens (primary N) is 1. The van der Waals surface area contributed by atoms with Gasteiger partial charge in [0, 0.05) is 12.1 Å². The van der Waals surface area contributed by atoms with E-state index in [9.17, 15) is 10.2 Å². The first-order valence-corrected chi connectivity index (χ1v) is 36.1. The molecule has 80 heavy (non-hydrogen) atoms. The maximum atomic E-state index is 10.8. The van der Waals surface area contributed by atoms with Gasteiger partial charge in [-0.25, -0.2) is 0 Å². The van der Waals surface area contributed by atoms with E-state index in [1.165, 1.54) is 186 Å². The molecule has 0 bridgehead atoms. The average molecular weight is 1120 g/mol. The van der Waals surface area contributed by atoms with Crippen molar-refractivity contribution in [1.29, 1.82) is 0 Å². The second-order valence-corrected chi connectivity index (χ2v) is 31.9. The highest BCUT2D eigenvalue weighted by molar-refractivity contribution is 5.31. The molecule has 7 unspecified atom stereocenters. The third kappa shape index (κ3) is 16.5. The quantitative estimate of drug-likeness (QED) is 0.0265. The molecule has 0 aromatic rings. The maximum Gasteiger partial charge on any atom is 0.0724 e. The highest BCUT2D eigenvalue weighted by Crippen LogP contribution is 2.70. The van der Waals surface area contributed by atoms with E-state index >= 15 is 0 Å². The van der Waals surface area contributed by atoms with Crippen molar-refractivity contribution < 1.29 is 10.2 Å². The van der Waals surface area contributed by atoms with E-state index in [2.05, 4.69) is 104 Å². The van der Waals surface area contributed by atoms with Crippen molar-refractivity contribution >= 4 is 0 Å². The maximum absolute atomic E-state index is 10.8. The molecule has 7 heteroatoms. The number of unbranched alkanes of at least 4 members (excludes halogenated alkanes) is 7. The third-order valence-corrected chi connectivity index (χ3v) is 25.8. The van der Waals surface area contributed by atoms with Gasteiger partial charge in [0.1, 0.15) is 0 Å². The number of aliphatic hydroxyl groups excluding tert-OH is 2. The SMILES string of the molecule is CC(C)CCC[C@@H](C)[C@H]1CCC2C3C[C@@H](NCCCCCCCCNCCCN)C4C[C@@H](O)CC[C@]4(C)C3CC[C@@]21C.CCCCNCCCCN[C@@H]1CC2C(CC[C@@]3(C)C2CC[C@@H]3[C@H](C)CCCC(C)C)[C@@]2(C)CC[C@H](O)C=C12. The summed E-state index contributed by atoms with van der Waals surface area (Å²) in [6.45, 7) is 35.3. The Morgan fingerprint density at radius 2 is 0.988 bits per heavy atom. The van der Waals surface area contributed by atoms with E-state index in [-0.39, 0.29) is 17.6 Å². The first-order valence-electron chi connectivity index (χ1n) is 36.1. The topological polar surface area (TPSA) is 115 Å². The van der Waals surface area contributed by atoms with E-state index in [0.29, 0.717) is 34.2 Å². The van der Waals surface area contributed by atoms with Crippen molar-refractivity contribution in [3.63, 3.8) is 0 Å². The Hall–Kier alpha value is -0.540. The minimum absolute atomic E-state index is 0.0786. The lowest BCUT2D eigenvalue weighted by Crippen LogP contribution is -2.61. The highest BCUT2D eigenvalue weighted by atomic mass is 16.3. The van der Waals surface area contributed by atoms with Gasteiger partial charge in [0.25, 0.3) is 0 Å². The lowest BCUT2D eigenvalue weighted by atomic mass is 9.43. The summed E-state index contributed by atoms with van der Waals surface area (Å²) < 4.78 is 0. The predicted molar refractivity (Wildman–Crippen MR) is 344 cm³/mol. The summed E-state index contributed by atoms with van der Waals surface area (Å²) in [5, 5.41) is 36.8. The van der Waals surface area contributed by atoms with Crippen LogP contribution in [0.2, 0.25) is 0 Å². The molecule has 7 nitrogen and oxygen atoms in total. The van der Waals surface area contributed by atoms with Crippen LogP contribution in [-0.2, 0) is 0 Å². The van der Waals surface area contributed by atoms with Gasteiger partial charge in [-0.3, -0.25) is 0 Å². The molecule has 8 aliphatic carbocycles. The van der Waals surface area contributed by atoms with Gasteiger partial charge in [0.15, 0.2) is 0 Å². The molecule has 8 N–H and O–H groups in total. The van der Waals surface area contributed by atoms with Crippen LogP contribution in [0, 0.1) is 98.6 Å². The fourth-order valence-electron chi connectivity index (χ4n) is 21.4. The molecule has 0 heterocycles. The van der Waals surface area contributed by atoms with Crippen molar-refractivity contribution in [3.8, 4) is 0 Å². The molecule has 7 saturated carbocycles. The predicted octanol–water partition coefficient (Wildman–Crippen LogP) is 16.4. The molecule has 19 atom stereocenters. The van der Waals surface area contributed by atoms with Crippen LogP contribution < -0.4 is 27.0 Å². The fourth-order valence-corrected chi connectivity index (χ4v) is 21.4. The molecule has 0 aliphatic heterocycles. The van der Waals surface area contributed by atoms with Gasteiger partial charge in [-0.2, -0.15) is 0 Å². The van der Waals surface area contributed by atoms with E-state index in [0.717, 1.165) is 136 Å². The summed E-state index contributed by atoms with van der Waals surface area (Å²) in [5.74, 6) is 11.2. The summed E-state index contributed by atoms with van der Waals surface area (Å²) >= 11 is 0. The second-order valence-electron chi connectivity index (χ2n) is 31.9. The smallest absolute Gasteiger partial charge is 0.0724 e. The Balaban J connectivity index is 0.000000232. The lowest BCUT2D eigenvalue weighted by molar-refractivity contribution is -0.141. The van der Waals surface area contributed by atoms with E-state index in [1.807, 2.05) is 0 Å². The molecule has 0 saturated heterocycles. The van der Waals surface area contributed by atoms with E-state index < -0.39 is 0 Å². The number of rotatable bonds is 32. The van der Waals surface area contributed by atoms with Gasteiger partial charge in [-0.1, -0.05) is 153 Å². The number of nitrogens with one attached hydrogen (secondary N) is 4. The molecule has 0 aromatic carbocycles. The largest absolute Gasteiger partial charge is 0.393 e. The highest BCUT2D eigenvalue weighted by Gasteiger charge is 2.63. The molecule has 466 valence electrons. The zero-order valence-corrected chi connectivity index (χ0v) is 54.9. The van der Waals surface area contributed by atoms with Gasteiger partial charge in [0.05, 0.1) is 12.2 Å². The van der Waals surface area contributed by atoms with Crippen molar-refractivity contribution in [2.45, 2.75) is 306 Å². The first-order chi connectivity index (χ1) is 38.4. The average Bonchev–Trinajstić information content (AvgIpc) is 3.85. The lowest BCUT2D eigenvalue weighted by Gasteiger charge is -2.63. The minimum Gasteiger partial charge on any atom is -0.393 e. The Kier molecular flexibility index (Phi) is 26.7. The molecular weight excluding hydrogens is 979 g/mol. The van der Waals surface area contributed by atoms with Crippen molar-refractivity contribution in [2.75, 3.05) is 45.8 Å². The normalized spacial score (nSPS) is 39.0. The monoisotopic (exact) mass is 1120 g/mol. The summed E-state index contributed by atoms with van der Waals surface area (Å²) in [4.78, 5) is 0. The van der Waals surface area contributed by atoms with Crippen molar-refractivity contribution in [1.82, 2.24) is 21.3 Å². The molecule has 0 radical (unpaired) electrons. The molecule has 8 rings (SSSR count). The first kappa shape index (κ1) is 67.0. The minimum atomic E-state index is -0.238. The Labute approximate surface area is 496 Å². The molecular formula is C73H137N5O2. The van der Waals surface area contributed by atoms with Crippen LogP contribution in [-0.4, -0.2) is 80.3 Å². The molecule has 0 spiro atoms. The van der Waals surface area contributed by atoms with Crippen LogP contribution in [0.3, 0.4) is 0 Å². The van der Waals surface area contributed by atoms with Gasteiger partial charge >= 0.3 is 0 Å². The zero-order chi connectivity index (χ0) is 57.5. The van der Waals surface area contributed by atoms with E-state index in [4.69, 9.17) is 5.73 Å². The van der Waals surface area contributed by atoms with Crippen molar-refractivity contribution in [2.24, 2.45) is 104 Å². The number of hydrogen-bond acceptors (Lipinski definition) is 7. The fraction of sp³-hybridized carbons (Fsp3) is 0.973. The van der Waals surface area contributed by atoms with E-state index in [1.54, 1.807) is 5.57 Å². The molecule has 8 aliphatic rings.